The second kappa shape index (κ2) is 6.19. The van der Waals surface area contributed by atoms with Gasteiger partial charge < -0.3 is 0 Å². The van der Waals surface area contributed by atoms with Crippen molar-refractivity contribution >= 4 is 21.9 Å². The lowest BCUT2D eigenvalue weighted by Gasteiger charge is -1.90. The van der Waals surface area contributed by atoms with Crippen molar-refractivity contribution in [2.24, 2.45) is 0 Å². The Morgan fingerprint density at radius 3 is 1.62 bits per heavy atom. The summed E-state index contributed by atoms with van der Waals surface area (Å²) in [5, 5.41) is 20.3. The second-order valence-electron chi connectivity index (χ2n) is 2.27. The highest BCUT2D eigenvalue weighted by Crippen LogP contribution is 2.18. The summed E-state index contributed by atoms with van der Waals surface area (Å²) in [5.41, 5.74) is -0.548. The molecular formula is C6H5N3O6S. The number of nitrogens with one attached hydrogen (secondary N) is 1. The molecule has 1 N–H and O–H groups in total. The average molecular weight is 247 g/mol. The molecule has 0 saturated heterocycles. The third kappa shape index (κ3) is 5.39. The number of non-ortho nitro benzene ring substituents is 2. The molecule has 0 amide bonds. The molecule has 1 rings (SSSR count). The third-order valence-corrected chi connectivity index (χ3v) is 1.25. The van der Waals surface area contributed by atoms with Gasteiger partial charge in [0.15, 0.2) is 0 Å². The first-order valence-electron chi connectivity index (χ1n) is 3.54. The molecule has 0 aliphatic rings. The van der Waals surface area contributed by atoms with Crippen LogP contribution in [0.25, 0.3) is 0 Å². The van der Waals surface area contributed by atoms with Gasteiger partial charge >= 0.3 is 10.5 Å². The van der Waals surface area contributed by atoms with Gasteiger partial charge in [-0.3, -0.25) is 20.2 Å². The molecule has 0 saturated carbocycles. The van der Waals surface area contributed by atoms with Crippen LogP contribution in [0.3, 0.4) is 0 Å². The van der Waals surface area contributed by atoms with Crippen LogP contribution >= 0.6 is 0 Å². The zero-order valence-electron chi connectivity index (χ0n) is 7.56. The molecule has 0 aliphatic heterocycles. The molecule has 0 aliphatic carbocycles. The first kappa shape index (κ1) is 13.6. The van der Waals surface area contributed by atoms with Crippen molar-refractivity contribution in [3.8, 4) is 0 Å². The fourth-order valence-electron chi connectivity index (χ4n) is 0.720. The zero-order chi connectivity index (χ0) is 12.7. The van der Waals surface area contributed by atoms with Gasteiger partial charge in [-0.2, -0.15) is 13.2 Å². The minimum Gasteiger partial charge on any atom is -0.258 e. The quantitative estimate of drug-likeness (QED) is 0.612. The van der Waals surface area contributed by atoms with Crippen molar-refractivity contribution in [3.63, 3.8) is 0 Å². The average Bonchev–Trinajstić information content (AvgIpc) is 2.17. The predicted molar refractivity (Wildman–Crippen MR) is 51.4 cm³/mol. The summed E-state index contributed by atoms with van der Waals surface area (Å²) < 4.78 is 22.8. The summed E-state index contributed by atoms with van der Waals surface area (Å²) in [6.45, 7) is 0. The second-order valence-corrected chi connectivity index (χ2v) is 2.74. The largest absolute Gasteiger partial charge is 0.308 e. The summed E-state index contributed by atoms with van der Waals surface area (Å²) >= 11 is 0. The highest BCUT2D eigenvalue weighted by atomic mass is 32.2. The van der Waals surface area contributed by atoms with Crippen LogP contribution < -0.4 is 0 Å². The van der Waals surface area contributed by atoms with E-state index in [0.29, 0.717) is 0 Å². The van der Waals surface area contributed by atoms with Crippen LogP contribution in [0.4, 0.5) is 11.4 Å². The number of benzene rings is 1. The van der Waals surface area contributed by atoms with Crippen molar-refractivity contribution in [2.75, 3.05) is 0 Å². The van der Waals surface area contributed by atoms with Crippen LogP contribution in [0.5, 0.6) is 0 Å². The Morgan fingerprint density at radius 1 is 1.06 bits per heavy atom. The number of rotatable bonds is 2. The normalized spacial score (nSPS) is 8.50. The van der Waals surface area contributed by atoms with Crippen LogP contribution in [0.1, 0.15) is 0 Å². The number of hydrogen-bond acceptors (Lipinski definition) is 7. The summed E-state index contributed by atoms with van der Waals surface area (Å²) in [5.74, 6) is 0. The fourth-order valence-corrected chi connectivity index (χ4v) is 0.720. The molecule has 1 aromatic rings. The predicted octanol–water partition coefficient (Wildman–Crippen LogP) is 1.13. The maximum Gasteiger partial charge on any atom is 0.308 e. The third-order valence-electron chi connectivity index (χ3n) is 1.25. The lowest BCUT2D eigenvalue weighted by Crippen LogP contribution is -1.91. The van der Waals surface area contributed by atoms with Crippen LogP contribution in [-0.2, 0) is 10.5 Å². The molecule has 86 valence electrons. The molecule has 0 spiro atoms. The van der Waals surface area contributed by atoms with Crippen molar-refractivity contribution in [2.45, 2.75) is 0 Å². The SMILES string of the molecule is N=S(=O)=O.O=[N+]([O-])c1cccc([N+](=O)[O-])c1. The molecule has 10 heteroatoms. The van der Waals surface area contributed by atoms with Gasteiger partial charge in [0.25, 0.3) is 11.4 Å². The molecule has 0 fully saturated rings. The van der Waals surface area contributed by atoms with E-state index in [1.54, 1.807) is 0 Å². The van der Waals surface area contributed by atoms with E-state index >= 15 is 0 Å². The van der Waals surface area contributed by atoms with Crippen molar-refractivity contribution in [1.82, 2.24) is 0 Å². The molecule has 1 aromatic carbocycles. The van der Waals surface area contributed by atoms with E-state index in [1.165, 1.54) is 18.2 Å². The Kier molecular flexibility index (Phi) is 5.27. The van der Waals surface area contributed by atoms with Gasteiger partial charge in [-0.15, -0.1) is 0 Å². The van der Waals surface area contributed by atoms with Crippen LogP contribution in [0, 0.1) is 25.0 Å². The number of hydrogen-bond donors (Lipinski definition) is 1. The number of nitro benzene ring substituents is 2. The molecule has 0 radical (unpaired) electrons. The Hall–Kier alpha value is -2.36. The lowest BCUT2D eigenvalue weighted by atomic mass is 10.3. The molecule has 16 heavy (non-hydrogen) atoms. The Morgan fingerprint density at radius 2 is 1.38 bits per heavy atom. The maximum absolute atomic E-state index is 10.2. The van der Waals surface area contributed by atoms with Crippen molar-refractivity contribution < 1.29 is 18.3 Å². The van der Waals surface area contributed by atoms with Crippen LogP contribution in [0.2, 0.25) is 0 Å². The van der Waals surface area contributed by atoms with Crippen molar-refractivity contribution in [3.05, 3.63) is 44.5 Å². The smallest absolute Gasteiger partial charge is 0.258 e. The van der Waals surface area contributed by atoms with Gasteiger partial charge in [0.2, 0.25) is 0 Å². The topological polar surface area (TPSA) is 144 Å². The summed E-state index contributed by atoms with van der Waals surface area (Å²) in [4.78, 5) is 19.0. The molecule has 0 heterocycles. The standard InChI is InChI=1S/C6H4N2O4.HNO2S/c9-7(10)5-2-1-3-6(4-5)8(11)12;1-4(2)3/h1-4H;1H. The van der Waals surface area contributed by atoms with E-state index in [0.717, 1.165) is 6.07 Å². The van der Waals surface area contributed by atoms with Crippen molar-refractivity contribution in [1.29, 1.82) is 4.78 Å². The van der Waals surface area contributed by atoms with Gasteiger partial charge in [-0.1, -0.05) is 0 Å². The van der Waals surface area contributed by atoms with E-state index in [1.807, 2.05) is 0 Å². The first-order valence-corrected chi connectivity index (χ1v) is 4.61. The first-order chi connectivity index (χ1) is 7.34. The molecule has 0 unspecified atom stereocenters. The summed E-state index contributed by atoms with van der Waals surface area (Å²) in [6.07, 6.45) is 0. The zero-order valence-corrected chi connectivity index (χ0v) is 8.38. The highest BCUT2D eigenvalue weighted by molar-refractivity contribution is 7.60. The molecule has 9 nitrogen and oxygen atoms in total. The number of nitro groups is 2. The van der Waals surface area contributed by atoms with Crippen LogP contribution in [0.15, 0.2) is 24.3 Å². The van der Waals surface area contributed by atoms with Gasteiger partial charge in [-0.25, -0.2) is 0 Å². The summed E-state index contributed by atoms with van der Waals surface area (Å²) in [6, 6.07) is 4.59. The highest BCUT2D eigenvalue weighted by Gasteiger charge is 2.11. The Bertz CT molecular complexity index is 474. The maximum atomic E-state index is 10.2. The Labute approximate surface area is 90.1 Å². The molecule has 0 aromatic heterocycles. The van der Waals surface area contributed by atoms with E-state index in [9.17, 15) is 20.2 Å². The van der Waals surface area contributed by atoms with Crippen LogP contribution in [-0.4, -0.2) is 18.3 Å². The minimum absolute atomic E-state index is 0.274. The minimum atomic E-state index is -2.61. The van der Waals surface area contributed by atoms with Gasteiger partial charge in [0.1, 0.15) is 0 Å². The molecular weight excluding hydrogens is 242 g/mol. The Balaban J connectivity index is 0.000000487. The van der Waals surface area contributed by atoms with E-state index < -0.39 is 20.3 Å². The fraction of sp³-hybridized carbons (Fsp3) is 0. The molecule has 0 atom stereocenters. The van der Waals surface area contributed by atoms with E-state index in [4.69, 9.17) is 13.2 Å². The molecule has 0 bridgehead atoms. The number of nitrogens with zero attached hydrogens (tertiary/aromatic N) is 2. The van der Waals surface area contributed by atoms with Gasteiger partial charge in [-0.05, 0) is 6.07 Å². The van der Waals surface area contributed by atoms with E-state index in [-0.39, 0.29) is 11.4 Å². The monoisotopic (exact) mass is 247 g/mol. The van der Waals surface area contributed by atoms with Gasteiger partial charge in [0, 0.05) is 12.1 Å². The van der Waals surface area contributed by atoms with E-state index in [2.05, 4.69) is 0 Å². The van der Waals surface area contributed by atoms with Gasteiger partial charge in [0.05, 0.1) is 15.9 Å². The lowest BCUT2D eigenvalue weighted by molar-refractivity contribution is -0.394. The summed E-state index contributed by atoms with van der Waals surface area (Å²) in [7, 11) is -2.61.